The molecule has 0 amide bonds. The van der Waals surface area contributed by atoms with Gasteiger partial charge in [-0.2, -0.15) is 0 Å². The molecule has 0 fully saturated rings. The van der Waals surface area contributed by atoms with E-state index in [1.165, 1.54) is 66.8 Å². The summed E-state index contributed by atoms with van der Waals surface area (Å²) in [5.41, 5.74) is 20.9. The van der Waals surface area contributed by atoms with Gasteiger partial charge in [0.2, 0.25) is 0 Å². The summed E-state index contributed by atoms with van der Waals surface area (Å²) < 4.78 is 6.22. The number of para-hydroxylation sites is 1. The Morgan fingerprint density at radius 3 is 2.30 bits per heavy atom. The molecule has 2 heteroatoms. The molecule has 0 bridgehead atoms. The zero-order chi connectivity index (χ0) is 39.3. The molecule has 2 aliphatic rings. The molecule has 0 atom stereocenters. The van der Waals surface area contributed by atoms with E-state index in [0.717, 1.165) is 58.6 Å². The maximum absolute atomic E-state index is 6.22. The van der Waals surface area contributed by atoms with Crippen molar-refractivity contribution < 1.29 is 4.42 Å². The van der Waals surface area contributed by atoms with Crippen LogP contribution in [0.25, 0.3) is 56.5 Å². The third kappa shape index (κ3) is 6.50. The van der Waals surface area contributed by atoms with Crippen molar-refractivity contribution in [2.45, 2.75) is 59.3 Å². The number of rotatable bonds is 9. The molecule has 280 valence electrons. The lowest BCUT2D eigenvalue weighted by Gasteiger charge is -2.30. The maximum Gasteiger partial charge on any atom is 0.135 e. The minimum atomic E-state index is -0.168. The van der Waals surface area contributed by atoms with Crippen LogP contribution in [-0.2, 0) is 18.3 Å². The van der Waals surface area contributed by atoms with Crippen molar-refractivity contribution in [3.8, 4) is 33.4 Å². The normalized spacial score (nSPS) is 13.9. The topological polar surface area (TPSA) is 16.4 Å². The Bertz CT molecular complexity index is 2780. The number of hydrogen-bond acceptors (Lipinski definition) is 2. The number of hydrogen-bond donors (Lipinski definition) is 0. The lowest BCUT2D eigenvalue weighted by molar-refractivity contribution is 0.603. The first-order chi connectivity index (χ1) is 27.7. The summed E-state index contributed by atoms with van der Waals surface area (Å²) in [6, 6.07) is 45.4. The van der Waals surface area contributed by atoms with Crippen LogP contribution in [0, 0.1) is 6.92 Å². The lowest BCUT2D eigenvalue weighted by Crippen LogP contribution is -2.17. The fourth-order valence-corrected chi connectivity index (χ4v) is 9.06. The number of furan rings is 1. The van der Waals surface area contributed by atoms with Gasteiger partial charge in [0.15, 0.2) is 0 Å². The van der Waals surface area contributed by atoms with Gasteiger partial charge in [-0.15, -0.1) is 0 Å². The van der Waals surface area contributed by atoms with Crippen LogP contribution < -0.4 is 4.90 Å². The monoisotopic (exact) mass is 739 g/mol. The quantitative estimate of drug-likeness (QED) is 0.137. The first-order valence-electron chi connectivity index (χ1n) is 20.3. The van der Waals surface area contributed by atoms with Crippen LogP contribution >= 0.6 is 0 Å². The smallest absolute Gasteiger partial charge is 0.135 e. The number of benzene rings is 6. The number of allylic oxidation sites excluding steroid dienone is 5. The Labute approximate surface area is 337 Å². The van der Waals surface area contributed by atoms with Crippen LogP contribution in [0.3, 0.4) is 0 Å². The van der Waals surface area contributed by atoms with E-state index in [1.54, 1.807) is 0 Å². The molecule has 2 nitrogen and oxygen atoms in total. The van der Waals surface area contributed by atoms with Crippen LogP contribution in [0.5, 0.6) is 0 Å². The van der Waals surface area contributed by atoms with Gasteiger partial charge in [0.1, 0.15) is 11.3 Å². The van der Waals surface area contributed by atoms with E-state index in [-0.39, 0.29) is 5.41 Å². The predicted octanol–water partition coefficient (Wildman–Crippen LogP) is 15.5. The molecule has 57 heavy (non-hydrogen) atoms. The molecule has 9 rings (SSSR count). The maximum atomic E-state index is 6.22. The lowest BCUT2D eigenvalue weighted by atomic mass is 9.80. The molecule has 2 aliphatic carbocycles. The average molecular weight is 740 g/mol. The molecule has 6 aromatic carbocycles. The zero-order valence-corrected chi connectivity index (χ0v) is 33.7. The van der Waals surface area contributed by atoms with Crippen LogP contribution in [0.4, 0.5) is 17.1 Å². The highest BCUT2D eigenvalue weighted by molar-refractivity contribution is 5.95. The average Bonchev–Trinajstić information content (AvgIpc) is 3.54. The van der Waals surface area contributed by atoms with Gasteiger partial charge in [0.05, 0.1) is 5.69 Å². The van der Waals surface area contributed by atoms with Crippen LogP contribution in [-0.4, -0.2) is 0 Å². The molecule has 0 radical (unpaired) electrons. The predicted molar refractivity (Wildman–Crippen MR) is 244 cm³/mol. The zero-order valence-electron chi connectivity index (χ0n) is 33.7. The molecule has 7 aromatic rings. The van der Waals surface area contributed by atoms with E-state index >= 15 is 0 Å². The summed E-state index contributed by atoms with van der Waals surface area (Å²) in [7, 11) is 0. The van der Waals surface area contributed by atoms with Crippen molar-refractivity contribution >= 4 is 40.2 Å². The van der Waals surface area contributed by atoms with Gasteiger partial charge in [-0.25, -0.2) is 0 Å². The minimum absolute atomic E-state index is 0.168. The largest absolute Gasteiger partial charge is 0.456 e. The fourth-order valence-electron chi connectivity index (χ4n) is 9.06. The van der Waals surface area contributed by atoms with E-state index in [1.807, 2.05) is 6.08 Å². The third-order valence-electron chi connectivity index (χ3n) is 12.0. The van der Waals surface area contributed by atoms with E-state index in [0.29, 0.717) is 0 Å². The third-order valence-corrected chi connectivity index (χ3v) is 12.0. The van der Waals surface area contributed by atoms with Gasteiger partial charge >= 0.3 is 0 Å². The van der Waals surface area contributed by atoms with E-state index in [2.05, 4.69) is 198 Å². The fraction of sp³-hybridized carbons (Fsp3) is 0.164. The van der Waals surface area contributed by atoms with Crippen molar-refractivity contribution in [3.05, 3.63) is 197 Å². The van der Waals surface area contributed by atoms with Crippen molar-refractivity contribution in [3.63, 3.8) is 0 Å². The molecule has 0 saturated heterocycles. The van der Waals surface area contributed by atoms with E-state index in [9.17, 15) is 0 Å². The first-order valence-corrected chi connectivity index (χ1v) is 20.3. The van der Waals surface area contributed by atoms with Crippen molar-refractivity contribution in [2.75, 3.05) is 4.90 Å². The Hall–Kier alpha value is -6.38. The van der Waals surface area contributed by atoms with Crippen molar-refractivity contribution in [1.29, 1.82) is 0 Å². The molecular formula is C55H49NO. The number of aryl methyl sites for hydroxylation is 2. The highest BCUT2D eigenvalue weighted by atomic mass is 16.3. The number of nitrogens with zero attached hydrogens (tertiary/aromatic N) is 1. The summed E-state index contributed by atoms with van der Waals surface area (Å²) >= 11 is 0. The Kier molecular flexibility index (Phi) is 9.29. The number of fused-ring (bicyclic) bond motifs is 6. The molecule has 0 saturated carbocycles. The highest BCUT2D eigenvalue weighted by Crippen LogP contribution is 2.52. The second-order valence-electron chi connectivity index (χ2n) is 16.2. The molecule has 0 N–H and O–H groups in total. The summed E-state index contributed by atoms with van der Waals surface area (Å²) in [6.07, 6.45) is 15.5. The van der Waals surface area contributed by atoms with Crippen LogP contribution in [0.1, 0.15) is 73.3 Å². The summed E-state index contributed by atoms with van der Waals surface area (Å²) in [5.74, 6) is 0.928. The standard InChI is InChI=1S/C55H49NO/c1-7-15-36(3)31-42-34-50-48(32-38(42)8-2)46-28-27-44(35-51(46)55(50,5)6)56(52-20-13-12-18-45(52)41-17-14-16-37(4)30-41)43-25-22-39(23-26-43)40-24-29-54-49(33-40)47-19-10-9-11-21-53(47)57-54/h7,10-30,32-35H,1,8-9,31H2,2-6H3/b36-15-. The van der Waals surface area contributed by atoms with Gasteiger partial charge in [-0.1, -0.05) is 148 Å². The summed E-state index contributed by atoms with van der Waals surface area (Å²) in [6.45, 7) is 15.4. The second kappa shape index (κ2) is 14.6. The summed E-state index contributed by atoms with van der Waals surface area (Å²) in [5, 5.41) is 1.14. The van der Waals surface area contributed by atoms with Crippen molar-refractivity contribution in [1.82, 2.24) is 0 Å². The van der Waals surface area contributed by atoms with Crippen molar-refractivity contribution in [2.24, 2.45) is 0 Å². The Balaban J connectivity index is 1.17. The SMILES string of the molecule is C=C/C=C(/C)Cc1cc2c(cc1CC)-c1ccc(N(c3ccc(-c4ccc5oc6c(c5c4)C=CCC=C6)cc3)c3ccccc3-c3cccc(C)c3)cc1C2(C)C. The summed E-state index contributed by atoms with van der Waals surface area (Å²) in [4.78, 5) is 2.45. The highest BCUT2D eigenvalue weighted by Gasteiger charge is 2.37. The molecule has 1 aromatic heterocycles. The van der Waals surface area contributed by atoms with Crippen LogP contribution in [0.15, 0.2) is 162 Å². The van der Waals surface area contributed by atoms with E-state index < -0.39 is 0 Å². The molecule has 0 aliphatic heterocycles. The minimum Gasteiger partial charge on any atom is -0.456 e. The second-order valence-corrected chi connectivity index (χ2v) is 16.2. The van der Waals surface area contributed by atoms with Crippen LogP contribution in [0.2, 0.25) is 0 Å². The van der Waals surface area contributed by atoms with E-state index in [4.69, 9.17) is 4.42 Å². The molecule has 0 unspecified atom stereocenters. The Morgan fingerprint density at radius 2 is 1.49 bits per heavy atom. The molecule has 1 heterocycles. The Morgan fingerprint density at radius 1 is 0.719 bits per heavy atom. The van der Waals surface area contributed by atoms with Gasteiger partial charge in [-0.3, -0.25) is 0 Å². The number of anilines is 3. The van der Waals surface area contributed by atoms with Gasteiger partial charge in [-0.05, 0) is 132 Å². The van der Waals surface area contributed by atoms with Gasteiger partial charge in [0, 0.05) is 33.3 Å². The van der Waals surface area contributed by atoms with Gasteiger partial charge in [0.25, 0.3) is 0 Å². The first kappa shape index (κ1) is 36.3. The molecule has 0 spiro atoms. The van der Waals surface area contributed by atoms with Gasteiger partial charge < -0.3 is 9.32 Å². The molecular weight excluding hydrogens is 691 g/mol.